The van der Waals surface area contributed by atoms with E-state index in [2.05, 4.69) is 114 Å². The highest BCUT2D eigenvalue weighted by Gasteiger charge is 2.34. The molecule has 0 amide bonds. The molecular weight excluding hydrogens is 1120 g/mol. The number of Topliss-reactive ketones (excluding diaryl/α,β-unsaturated/α-hetero) is 4. The first kappa shape index (κ1) is 69.7. The number of aryl methyl sites for hydroxylation is 5. The van der Waals surface area contributed by atoms with Gasteiger partial charge in [-0.3, -0.25) is 29.4 Å². The van der Waals surface area contributed by atoms with Crippen molar-refractivity contribution < 1.29 is 32.7 Å². The zero-order chi connectivity index (χ0) is 65.6. The van der Waals surface area contributed by atoms with Gasteiger partial charge < -0.3 is 18.4 Å². The number of ketones is 4. The van der Waals surface area contributed by atoms with E-state index in [9.17, 15) is 19.2 Å². The molecule has 13 nitrogen and oxygen atoms in total. The third kappa shape index (κ3) is 16.7. The predicted molar refractivity (Wildman–Crippen MR) is 364 cm³/mol. The molecule has 12 rings (SSSR count). The maximum absolute atomic E-state index is 12.2. The summed E-state index contributed by atoms with van der Waals surface area (Å²) < 4.78 is 17.0. The van der Waals surface area contributed by atoms with Gasteiger partial charge in [-0.25, -0.2) is 0 Å². The molecule has 0 spiro atoms. The summed E-state index contributed by atoms with van der Waals surface area (Å²) in [6.45, 7) is 30.6. The Morgan fingerprint density at radius 3 is 0.833 bits per heavy atom. The quantitative estimate of drug-likeness (QED) is 0.114. The van der Waals surface area contributed by atoms with Gasteiger partial charge in [0, 0.05) is 71.9 Å². The van der Waals surface area contributed by atoms with Crippen molar-refractivity contribution in [2.75, 3.05) is 0 Å². The number of hydrogen-bond donors (Lipinski definition) is 0. The zero-order valence-corrected chi connectivity index (χ0v) is 55.4. The number of rotatable bonds is 12. The minimum Gasteiger partial charge on any atom is -0.358 e. The lowest BCUT2D eigenvalue weighted by Crippen LogP contribution is -2.08. The highest BCUT2D eigenvalue weighted by molar-refractivity contribution is 6.19. The van der Waals surface area contributed by atoms with Gasteiger partial charge in [0.1, 0.15) is 41.3 Å². The fraction of sp³-hybridized carbons (Fsp3) is 0.325. The van der Waals surface area contributed by atoms with Gasteiger partial charge in [-0.1, -0.05) is 241 Å². The second-order valence-electron chi connectivity index (χ2n) is 21.4. The summed E-state index contributed by atoms with van der Waals surface area (Å²) in [5, 5.41) is 12.5. The Hall–Kier alpha value is -9.36. The minimum atomic E-state index is -0.364. The van der Waals surface area contributed by atoms with Crippen LogP contribution in [0.4, 0.5) is 0 Å². The standard InChI is InChI=1S/2C23H22N2O2.C22H20N2O2.C3H6O.3C2H6/c2*1-4-17(26)13-20-23-21(15(3)25-27-23)18-7-5-6-8-19(18)22(24-20)16-11-9-14(2)10-12-16;1-3-16(25)13-19-22-20(14(2)24-26-22)17-11-7-8-12-18(17)21(23-19)15-9-5-4-6-10-15;1-3(2)4;3*1-2/h2*5-12,20H,4,13H2,1-3H3;4-12,19H,3,13H2,1-2H3;1-2H3;3*1-2H3/t2*20-;19-;;;;/m000..../s1. The Bertz CT molecular complexity index is 3780. The van der Waals surface area contributed by atoms with Crippen LogP contribution in [-0.4, -0.2) is 55.7 Å². The second kappa shape index (κ2) is 33.8. The van der Waals surface area contributed by atoms with Crippen molar-refractivity contribution in [3.8, 4) is 33.4 Å². The fourth-order valence-electron chi connectivity index (χ4n) is 10.6. The molecule has 0 aliphatic carbocycles. The maximum atomic E-state index is 12.2. The predicted octanol–water partition coefficient (Wildman–Crippen LogP) is 19.0. The molecule has 3 aliphatic heterocycles. The van der Waals surface area contributed by atoms with E-state index in [1.165, 1.54) is 25.0 Å². The monoisotopic (exact) mass is 1210 g/mol. The lowest BCUT2D eigenvalue weighted by Gasteiger charge is -2.12. The summed E-state index contributed by atoms with van der Waals surface area (Å²) in [5.41, 5.74) is 19.8. The molecule has 0 saturated carbocycles. The van der Waals surface area contributed by atoms with Gasteiger partial charge in [0.05, 0.1) is 50.9 Å². The van der Waals surface area contributed by atoms with E-state index in [0.29, 0.717) is 55.8 Å². The van der Waals surface area contributed by atoms with Gasteiger partial charge >= 0.3 is 0 Å². The Labute approximate surface area is 532 Å². The van der Waals surface area contributed by atoms with Crippen molar-refractivity contribution in [1.82, 2.24) is 15.5 Å². The molecule has 0 bridgehead atoms. The molecule has 0 N–H and O–H groups in total. The number of fused-ring (bicyclic) bond motifs is 9. The van der Waals surface area contributed by atoms with Crippen LogP contribution < -0.4 is 0 Å². The molecular formula is C77H88N6O7. The van der Waals surface area contributed by atoms with E-state index in [1.807, 2.05) is 150 Å². The summed E-state index contributed by atoms with van der Waals surface area (Å²) in [7, 11) is 0. The molecule has 9 aromatic rings. The summed E-state index contributed by atoms with van der Waals surface area (Å²) in [5.74, 6) is 2.71. The highest BCUT2D eigenvalue weighted by atomic mass is 16.5. The first-order chi connectivity index (χ1) is 43.6. The molecule has 0 radical (unpaired) electrons. The molecule has 13 heteroatoms. The average molecular weight is 1210 g/mol. The molecule has 0 fully saturated rings. The normalized spacial score (nSPS) is 14.3. The Balaban J connectivity index is 0.000000200. The highest BCUT2D eigenvalue weighted by Crippen LogP contribution is 2.44. The van der Waals surface area contributed by atoms with E-state index < -0.39 is 0 Å². The van der Waals surface area contributed by atoms with Crippen LogP contribution in [0.15, 0.2) is 180 Å². The molecule has 468 valence electrons. The number of aromatic nitrogens is 3. The second-order valence-corrected chi connectivity index (χ2v) is 21.4. The molecule has 3 aliphatic rings. The van der Waals surface area contributed by atoms with Crippen molar-refractivity contribution >= 4 is 40.3 Å². The average Bonchev–Trinajstić information content (AvgIpc) is 1.68. The topological polar surface area (TPSA) is 183 Å². The lowest BCUT2D eigenvalue weighted by molar-refractivity contribution is -0.120. The summed E-state index contributed by atoms with van der Waals surface area (Å²) in [6, 6.07) is 50.2. The molecule has 0 unspecified atom stereocenters. The van der Waals surface area contributed by atoms with Crippen LogP contribution in [-0.2, 0) is 19.2 Å². The fourth-order valence-corrected chi connectivity index (χ4v) is 10.6. The Morgan fingerprint density at radius 1 is 0.344 bits per heavy atom. The van der Waals surface area contributed by atoms with E-state index >= 15 is 0 Å². The van der Waals surface area contributed by atoms with Crippen molar-refractivity contribution in [1.29, 1.82) is 0 Å². The van der Waals surface area contributed by atoms with E-state index in [1.54, 1.807) is 0 Å². The van der Waals surface area contributed by atoms with Crippen molar-refractivity contribution in [3.63, 3.8) is 0 Å². The largest absolute Gasteiger partial charge is 0.358 e. The number of aliphatic imine (C=N–C) groups is 3. The third-order valence-electron chi connectivity index (χ3n) is 14.9. The summed E-state index contributed by atoms with van der Waals surface area (Å²) in [4.78, 5) is 61.1. The van der Waals surface area contributed by atoms with Crippen LogP contribution in [0.25, 0.3) is 33.4 Å². The van der Waals surface area contributed by atoms with Crippen LogP contribution in [0.3, 0.4) is 0 Å². The molecule has 90 heavy (non-hydrogen) atoms. The van der Waals surface area contributed by atoms with Crippen LogP contribution in [0.5, 0.6) is 0 Å². The molecule has 3 atom stereocenters. The third-order valence-corrected chi connectivity index (χ3v) is 14.9. The number of carbonyl (C=O) groups excluding carboxylic acids is 4. The van der Waals surface area contributed by atoms with Crippen LogP contribution in [0.2, 0.25) is 0 Å². The molecule has 6 heterocycles. The van der Waals surface area contributed by atoms with Crippen LogP contribution in [0.1, 0.15) is 212 Å². The van der Waals surface area contributed by atoms with Crippen molar-refractivity contribution in [2.24, 2.45) is 15.0 Å². The number of benzene rings is 6. The van der Waals surface area contributed by atoms with Crippen molar-refractivity contribution in [3.05, 3.63) is 231 Å². The van der Waals surface area contributed by atoms with Gasteiger partial charge in [0.15, 0.2) is 17.3 Å². The maximum Gasteiger partial charge on any atom is 0.169 e. The lowest BCUT2D eigenvalue weighted by atomic mass is 9.92. The first-order valence-electron chi connectivity index (χ1n) is 31.7. The number of hydrogen-bond acceptors (Lipinski definition) is 13. The summed E-state index contributed by atoms with van der Waals surface area (Å²) >= 11 is 0. The van der Waals surface area contributed by atoms with Crippen LogP contribution in [0, 0.1) is 34.6 Å². The van der Waals surface area contributed by atoms with Gasteiger partial charge in [-0.15, -0.1) is 0 Å². The van der Waals surface area contributed by atoms with E-state index in [0.717, 1.165) is 101 Å². The Morgan fingerprint density at radius 2 is 0.578 bits per heavy atom. The smallest absolute Gasteiger partial charge is 0.169 e. The molecule has 6 aromatic carbocycles. The first-order valence-corrected chi connectivity index (χ1v) is 31.7. The van der Waals surface area contributed by atoms with E-state index in [4.69, 9.17) is 28.5 Å². The van der Waals surface area contributed by atoms with Crippen molar-refractivity contribution in [2.45, 2.75) is 167 Å². The van der Waals surface area contributed by atoms with Gasteiger partial charge in [0.25, 0.3) is 0 Å². The molecule has 0 saturated heterocycles. The summed E-state index contributed by atoms with van der Waals surface area (Å²) in [6.07, 6.45) is 2.43. The minimum absolute atomic E-state index is 0.164. The van der Waals surface area contributed by atoms with Gasteiger partial charge in [0.2, 0.25) is 0 Å². The van der Waals surface area contributed by atoms with E-state index in [-0.39, 0.29) is 41.3 Å². The van der Waals surface area contributed by atoms with Gasteiger partial charge in [-0.2, -0.15) is 0 Å². The molecule has 3 aromatic heterocycles. The SMILES string of the molecule is CC.CC.CC.CC(C)=O.CCC(=O)C[C@@H]1N=C(c2ccc(C)cc2)c2ccccc2-c2c(C)noc21.CCC(=O)C[C@@H]1N=C(c2ccc(C)cc2)c2ccccc2-c2c(C)noc21.CCC(=O)C[C@@H]1N=C(c2ccccc2)c2ccccc2-c2c(C)noc21. The van der Waals surface area contributed by atoms with Gasteiger partial charge in [-0.05, 0) is 65.2 Å². The number of nitrogens with zero attached hydrogens (tertiary/aromatic N) is 6. The van der Waals surface area contributed by atoms with Crippen LogP contribution >= 0.6 is 0 Å². The Kier molecular flexibility index (Phi) is 26.2. The number of carbonyl (C=O) groups is 4. The zero-order valence-electron chi connectivity index (χ0n) is 55.4.